The molecule has 0 heterocycles. The normalized spacial score (nSPS) is 12.5. The van der Waals surface area contributed by atoms with Gasteiger partial charge in [0.1, 0.15) is 0 Å². The zero-order valence-electron chi connectivity index (χ0n) is 7.79. The molecule has 0 aromatic carbocycles. The Kier molecular flexibility index (Phi) is 7.32. The standard InChI is InChI=1S/C8H16ClNO2S/c1-2-13(11,12)8-7-10-6-4-3-5-9/h3-4,10H,2,5-8H2,1H3/b4-3+. The van der Waals surface area contributed by atoms with Gasteiger partial charge in [-0.3, -0.25) is 0 Å². The summed E-state index contributed by atoms with van der Waals surface area (Å²) >= 11 is 5.40. The first kappa shape index (κ1) is 12.9. The van der Waals surface area contributed by atoms with E-state index in [1.54, 1.807) is 6.92 Å². The molecule has 0 fully saturated rings. The Morgan fingerprint density at radius 2 is 2.08 bits per heavy atom. The van der Waals surface area contributed by atoms with Crippen molar-refractivity contribution in [2.75, 3.05) is 30.5 Å². The average Bonchev–Trinajstić information content (AvgIpc) is 2.11. The van der Waals surface area contributed by atoms with Crippen LogP contribution in [0.5, 0.6) is 0 Å². The Labute approximate surface area is 85.1 Å². The van der Waals surface area contributed by atoms with E-state index in [-0.39, 0.29) is 11.5 Å². The van der Waals surface area contributed by atoms with Crippen LogP contribution in [0.15, 0.2) is 12.2 Å². The van der Waals surface area contributed by atoms with Crippen molar-refractivity contribution in [3.8, 4) is 0 Å². The zero-order valence-corrected chi connectivity index (χ0v) is 9.37. The Hall–Kier alpha value is -0.0600. The maximum atomic E-state index is 11.0. The molecule has 0 unspecified atom stereocenters. The van der Waals surface area contributed by atoms with E-state index in [4.69, 9.17) is 11.6 Å². The number of allylic oxidation sites excluding steroid dienone is 1. The smallest absolute Gasteiger partial charge is 0.151 e. The van der Waals surface area contributed by atoms with Crippen LogP contribution in [0.25, 0.3) is 0 Å². The summed E-state index contributed by atoms with van der Waals surface area (Å²) in [5, 5.41) is 2.99. The predicted octanol–water partition coefficient (Wildman–Crippen LogP) is 0.806. The number of hydrogen-bond acceptors (Lipinski definition) is 3. The van der Waals surface area contributed by atoms with Crippen molar-refractivity contribution < 1.29 is 8.42 Å². The molecule has 78 valence electrons. The fraction of sp³-hybridized carbons (Fsp3) is 0.750. The van der Waals surface area contributed by atoms with Crippen LogP contribution in [0.1, 0.15) is 6.92 Å². The minimum absolute atomic E-state index is 0.207. The van der Waals surface area contributed by atoms with Gasteiger partial charge in [-0.05, 0) is 0 Å². The molecule has 3 nitrogen and oxygen atoms in total. The summed E-state index contributed by atoms with van der Waals surface area (Å²) in [7, 11) is -2.82. The molecule has 0 aliphatic heterocycles. The molecule has 0 aliphatic rings. The van der Waals surface area contributed by atoms with Gasteiger partial charge in [0.15, 0.2) is 9.84 Å². The molecule has 5 heteroatoms. The van der Waals surface area contributed by atoms with E-state index in [9.17, 15) is 8.42 Å². The molecule has 0 aliphatic carbocycles. The van der Waals surface area contributed by atoms with Crippen LogP contribution < -0.4 is 5.32 Å². The number of rotatable bonds is 7. The van der Waals surface area contributed by atoms with Crippen molar-refractivity contribution >= 4 is 21.4 Å². The molecule has 0 saturated heterocycles. The molecule has 0 aromatic heterocycles. The van der Waals surface area contributed by atoms with Gasteiger partial charge in [0.25, 0.3) is 0 Å². The van der Waals surface area contributed by atoms with E-state index >= 15 is 0 Å². The van der Waals surface area contributed by atoms with Gasteiger partial charge in [-0.25, -0.2) is 8.42 Å². The maximum absolute atomic E-state index is 11.0. The number of sulfone groups is 1. The molecular weight excluding hydrogens is 210 g/mol. The summed E-state index contributed by atoms with van der Waals surface area (Å²) in [5.41, 5.74) is 0. The summed E-state index contributed by atoms with van der Waals surface area (Å²) in [5.74, 6) is 0.916. The Bertz CT molecular complexity index is 237. The van der Waals surface area contributed by atoms with E-state index in [1.807, 2.05) is 12.2 Å². The molecule has 0 aromatic rings. The van der Waals surface area contributed by atoms with Gasteiger partial charge in [0.2, 0.25) is 0 Å². The fourth-order valence-electron chi connectivity index (χ4n) is 0.704. The van der Waals surface area contributed by atoms with E-state index in [2.05, 4.69) is 5.32 Å². The average molecular weight is 226 g/mol. The molecule has 0 amide bonds. The quantitative estimate of drug-likeness (QED) is 0.396. The van der Waals surface area contributed by atoms with Crippen molar-refractivity contribution in [3.05, 3.63) is 12.2 Å². The molecule has 0 spiro atoms. The highest BCUT2D eigenvalue weighted by Gasteiger charge is 2.04. The van der Waals surface area contributed by atoms with Crippen LogP contribution in [0.3, 0.4) is 0 Å². The second-order valence-electron chi connectivity index (χ2n) is 2.57. The number of nitrogens with one attached hydrogen (secondary N) is 1. The van der Waals surface area contributed by atoms with Crippen molar-refractivity contribution in [3.63, 3.8) is 0 Å². The van der Waals surface area contributed by atoms with Crippen molar-refractivity contribution in [1.29, 1.82) is 0 Å². The number of hydrogen-bond donors (Lipinski definition) is 1. The topological polar surface area (TPSA) is 46.2 Å². The second-order valence-corrected chi connectivity index (χ2v) is 5.35. The monoisotopic (exact) mass is 225 g/mol. The van der Waals surface area contributed by atoms with Crippen LogP contribution in [0.2, 0.25) is 0 Å². The lowest BCUT2D eigenvalue weighted by molar-refractivity contribution is 0.594. The molecule has 0 bridgehead atoms. The lowest BCUT2D eigenvalue weighted by Gasteiger charge is -2.01. The Morgan fingerprint density at radius 3 is 2.62 bits per heavy atom. The predicted molar refractivity (Wildman–Crippen MR) is 57.1 cm³/mol. The van der Waals surface area contributed by atoms with Crippen LogP contribution in [0.4, 0.5) is 0 Å². The first-order chi connectivity index (χ1) is 6.12. The summed E-state index contributed by atoms with van der Waals surface area (Å²) in [4.78, 5) is 0. The van der Waals surface area contributed by atoms with Crippen molar-refractivity contribution in [1.82, 2.24) is 5.32 Å². The van der Waals surface area contributed by atoms with Gasteiger partial charge in [0.05, 0.1) is 5.75 Å². The number of halogens is 1. The zero-order chi connectivity index (χ0) is 10.2. The first-order valence-corrected chi connectivity index (χ1v) is 6.60. The van der Waals surface area contributed by atoms with Gasteiger partial charge < -0.3 is 5.32 Å². The molecule has 0 radical (unpaired) electrons. The summed E-state index contributed by atoms with van der Waals surface area (Å²) in [6, 6.07) is 0. The van der Waals surface area contributed by atoms with Crippen molar-refractivity contribution in [2.24, 2.45) is 0 Å². The lowest BCUT2D eigenvalue weighted by atomic mass is 10.5. The minimum Gasteiger partial charge on any atom is -0.312 e. The SMILES string of the molecule is CCS(=O)(=O)CCNC/C=C/CCl. The highest BCUT2D eigenvalue weighted by molar-refractivity contribution is 7.91. The van der Waals surface area contributed by atoms with Crippen LogP contribution in [0, 0.1) is 0 Å². The van der Waals surface area contributed by atoms with Crippen molar-refractivity contribution in [2.45, 2.75) is 6.92 Å². The Morgan fingerprint density at radius 1 is 1.38 bits per heavy atom. The largest absolute Gasteiger partial charge is 0.312 e. The lowest BCUT2D eigenvalue weighted by Crippen LogP contribution is -2.23. The summed E-state index contributed by atoms with van der Waals surface area (Å²) in [6.45, 7) is 2.83. The third-order valence-corrected chi connectivity index (χ3v) is 3.43. The summed E-state index contributed by atoms with van der Waals surface area (Å²) in [6.07, 6.45) is 3.70. The molecule has 0 rings (SSSR count). The second kappa shape index (κ2) is 7.35. The van der Waals surface area contributed by atoms with Gasteiger partial charge in [0, 0.05) is 24.7 Å². The van der Waals surface area contributed by atoms with E-state index < -0.39 is 9.84 Å². The van der Waals surface area contributed by atoms with Gasteiger partial charge >= 0.3 is 0 Å². The first-order valence-electron chi connectivity index (χ1n) is 4.24. The van der Waals surface area contributed by atoms with E-state index in [0.29, 0.717) is 19.0 Å². The fourth-order valence-corrected chi connectivity index (χ4v) is 1.57. The highest BCUT2D eigenvalue weighted by atomic mass is 35.5. The van der Waals surface area contributed by atoms with E-state index in [1.165, 1.54) is 0 Å². The molecule has 1 N–H and O–H groups in total. The molecule has 13 heavy (non-hydrogen) atoms. The van der Waals surface area contributed by atoms with Gasteiger partial charge in [-0.1, -0.05) is 19.1 Å². The van der Waals surface area contributed by atoms with E-state index in [0.717, 1.165) is 0 Å². The molecule has 0 saturated carbocycles. The maximum Gasteiger partial charge on any atom is 0.151 e. The number of alkyl halides is 1. The molecular formula is C8H16ClNO2S. The highest BCUT2D eigenvalue weighted by Crippen LogP contribution is 1.86. The van der Waals surface area contributed by atoms with Gasteiger partial charge in [-0.15, -0.1) is 11.6 Å². The van der Waals surface area contributed by atoms with Crippen LogP contribution in [-0.4, -0.2) is 38.9 Å². The minimum atomic E-state index is -2.82. The third kappa shape index (κ3) is 8.28. The van der Waals surface area contributed by atoms with Crippen LogP contribution in [-0.2, 0) is 9.84 Å². The summed E-state index contributed by atoms with van der Waals surface area (Å²) < 4.78 is 22.0. The molecule has 0 atom stereocenters. The van der Waals surface area contributed by atoms with Crippen LogP contribution >= 0.6 is 11.6 Å². The Balaban J connectivity index is 3.41. The third-order valence-electron chi connectivity index (χ3n) is 1.55. The van der Waals surface area contributed by atoms with Gasteiger partial charge in [-0.2, -0.15) is 0 Å².